The van der Waals surface area contributed by atoms with Gasteiger partial charge >= 0.3 is 0 Å². The van der Waals surface area contributed by atoms with E-state index in [0.29, 0.717) is 36.7 Å². The first-order valence-electron chi connectivity index (χ1n) is 13.1. The Morgan fingerprint density at radius 3 is 2.49 bits per heavy atom. The molecular formula is C27H40N4O4. The van der Waals surface area contributed by atoms with Gasteiger partial charge in [0.1, 0.15) is 11.8 Å². The average molecular weight is 485 g/mol. The highest BCUT2D eigenvalue weighted by molar-refractivity contribution is 5.98. The summed E-state index contributed by atoms with van der Waals surface area (Å²) in [7, 11) is 1.56. The standard InChI is InChI=1S/C27H40N4O4/c1-17(2)15-30(26(33)18-7-8-18)22-14-24(25(32)29-21-11-9-20(28)10-12-21)31(16-22)27(34)19-5-4-6-23(13-19)35-3/h4-6,13,17-18,20-22,24H,7-12,14-16,28H2,1-3H3,(H,29,32). The van der Waals surface area contributed by atoms with Crippen LogP contribution in [0.5, 0.6) is 5.75 Å². The van der Waals surface area contributed by atoms with Gasteiger partial charge in [0.25, 0.3) is 5.91 Å². The average Bonchev–Trinajstić information content (AvgIpc) is 3.61. The molecule has 3 fully saturated rings. The van der Waals surface area contributed by atoms with Gasteiger partial charge < -0.3 is 25.6 Å². The molecule has 1 saturated heterocycles. The van der Waals surface area contributed by atoms with Gasteiger partial charge in [0.15, 0.2) is 0 Å². The lowest BCUT2D eigenvalue weighted by Gasteiger charge is -2.31. The molecule has 192 valence electrons. The molecule has 0 radical (unpaired) electrons. The number of hydrogen-bond acceptors (Lipinski definition) is 5. The quantitative estimate of drug-likeness (QED) is 0.590. The summed E-state index contributed by atoms with van der Waals surface area (Å²) in [6.45, 7) is 5.18. The summed E-state index contributed by atoms with van der Waals surface area (Å²) < 4.78 is 5.31. The number of nitrogens with one attached hydrogen (secondary N) is 1. The molecule has 3 aliphatic rings. The van der Waals surface area contributed by atoms with Crippen LogP contribution in [-0.4, -0.2) is 71.9 Å². The first kappa shape index (κ1) is 25.5. The van der Waals surface area contributed by atoms with Crippen LogP contribution in [0, 0.1) is 11.8 Å². The van der Waals surface area contributed by atoms with E-state index in [2.05, 4.69) is 19.2 Å². The van der Waals surface area contributed by atoms with E-state index in [1.165, 1.54) is 0 Å². The number of benzene rings is 1. The summed E-state index contributed by atoms with van der Waals surface area (Å²) in [6, 6.07) is 6.51. The number of likely N-dealkylation sites (tertiary alicyclic amines) is 1. The maximum atomic E-state index is 13.6. The molecule has 35 heavy (non-hydrogen) atoms. The normalized spacial score (nSPS) is 26.5. The van der Waals surface area contributed by atoms with Gasteiger partial charge in [-0.1, -0.05) is 19.9 Å². The smallest absolute Gasteiger partial charge is 0.254 e. The third kappa shape index (κ3) is 6.15. The summed E-state index contributed by atoms with van der Waals surface area (Å²) in [5.41, 5.74) is 6.52. The van der Waals surface area contributed by atoms with Gasteiger partial charge in [-0.2, -0.15) is 0 Å². The fraction of sp³-hybridized carbons (Fsp3) is 0.667. The Morgan fingerprint density at radius 1 is 1.14 bits per heavy atom. The Bertz CT molecular complexity index is 924. The second kappa shape index (κ2) is 11.0. The molecule has 1 aromatic rings. The van der Waals surface area contributed by atoms with Gasteiger partial charge in [0.2, 0.25) is 11.8 Å². The molecule has 2 unspecified atom stereocenters. The molecule has 1 aliphatic heterocycles. The molecule has 8 nitrogen and oxygen atoms in total. The van der Waals surface area contributed by atoms with Crippen LogP contribution < -0.4 is 15.8 Å². The van der Waals surface area contributed by atoms with Crippen molar-refractivity contribution in [2.24, 2.45) is 17.6 Å². The van der Waals surface area contributed by atoms with Crippen molar-refractivity contribution in [1.82, 2.24) is 15.1 Å². The number of nitrogens with zero attached hydrogens (tertiary/aromatic N) is 2. The van der Waals surface area contributed by atoms with E-state index >= 15 is 0 Å². The summed E-state index contributed by atoms with van der Waals surface area (Å²) in [6.07, 6.45) is 5.81. The minimum absolute atomic E-state index is 0.0787. The minimum Gasteiger partial charge on any atom is -0.497 e. The van der Waals surface area contributed by atoms with Crippen molar-refractivity contribution in [1.29, 1.82) is 0 Å². The van der Waals surface area contributed by atoms with Crippen molar-refractivity contribution in [2.75, 3.05) is 20.2 Å². The number of carbonyl (C=O) groups is 3. The second-order valence-corrected chi connectivity index (χ2v) is 10.9. The number of carbonyl (C=O) groups excluding carboxylic acids is 3. The number of rotatable bonds is 8. The van der Waals surface area contributed by atoms with Gasteiger partial charge in [-0.05, 0) is 69.1 Å². The fourth-order valence-corrected chi connectivity index (χ4v) is 5.37. The van der Waals surface area contributed by atoms with Crippen molar-refractivity contribution < 1.29 is 19.1 Å². The predicted octanol–water partition coefficient (Wildman–Crippen LogP) is 2.56. The fourth-order valence-electron chi connectivity index (χ4n) is 5.37. The molecule has 1 aromatic carbocycles. The van der Waals surface area contributed by atoms with Gasteiger partial charge in [-0.3, -0.25) is 14.4 Å². The summed E-state index contributed by atoms with van der Waals surface area (Å²) >= 11 is 0. The number of methoxy groups -OCH3 is 1. The number of ether oxygens (including phenoxy) is 1. The van der Waals surface area contributed by atoms with E-state index in [0.717, 1.165) is 38.5 Å². The maximum Gasteiger partial charge on any atom is 0.254 e. The van der Waals surface area contributed by atoms with E-state index in [-0.39, 0.29) is 41.8 Å². The Morgan fingerprint density at radius 2 is 1.86 bits per heavy atom. The van der Waals surface area contributed by atoms with Crippen molar-refractivity contribution in [3.05, 3.63) is 29.8 Å². The molecule has 0 spiro atoms. The van der Waals surface area contributed by atoms with E-state index in [1.54, 1.807) is 36.3 Å². The molecule has 2 saturated carbocycles. The summed E-state index contributed by atoms with van der Waals surface area (Å²) in [5, 5.41) is 3.19. The van der Waals surface area contributed by atoms with Gasteiger partial charge in [0.05, 0.1) is 13.2 Å². The van der Waals surface area contributed by atoms with E-state index < -0.39 is 6.04 Å². The summed E-state index contributed by atoms with van der Waals surface area (Å²) in [4.78, 5) is 43.9. The molecule has 4 rings (SSSR count). The Hall–Kier alpha value is -2.61. The Balaban J connectivity index is 1.56. The van der Waals surface area contributed by atoms with Crippen LogP contribution >= 0.6 is 0 Å². The number of hydrogen-bond donors (Lipinski definition) is 2. The first-order valence-corrected chi connectivity index (χ1v) is 13.1. The minimum atomic E-state index is -0.615. The molecule has 0 bridgehead atoms. The molecular weight excluding hydrogens is 444 g/mol. The van der Waals surface area contributed by atoms with Crippen LogP contribution in [0.2, 0.25) is 0 Å². The zero-order valence-electron chi connectivity index (χ0n) is 21.2. The highest BCUT2D eigenvalue weighted by atomic mass is 16.5. The lowest BCUT2D eigenvalue weighted by atomic mass is 9.91. The van der Waals surface area contributed by atoms with Crippen molar-refractivity contribution in [2.45, 2.75) is 83.0 Å². The third-order valence-corrected chi connectivity index (χ3v) is 7.49. The highest BCUT2D eigenvalue weighted by Gasteiger charge is 2.46. The van der Waals surface area contributed by atoms with Gasteiger partial charge in [-0.25, -0.2) is 0 Å². The van der Waals surface area contributed by atoms with E-state index in [1.807, 2.05) is 4.90 Å². The highest BCUT2D eigenvalue weighted by Crippen LogP contribution is 2.34. The Kier molecular flexibility index (Phi) is 7.99. The topological polar surface area (TPSA) is 105 Å². The van der Waals surface area contributed by atoms with Crippen LogP contribution in [0.15, 0.2) is 24.3 Å². The van der Waals surface area contributed by atoms with Gasteiger partial charge in [-0.15, -0.1) is 0 Å². The molecule has 8 heteroatoms. The number of nitrogens with two attached hydrogens (primary N) is 1. The SMILES string of the molecule is COc1cccc(C(=O)N2CC(N(CC(C)C)C(=O)C3CC3)CC2C(=O)NC2CCC(N)CC2)c1. The molecule has 2 aliphatic carbocycles. The zero-order chi connectivity index (χ0) is 25.1. The lowest BCUT2D eigenvalue weighted by Crippen LogP contribution is -2.50. The van der Waals surface area contributed by atoms with Crippen molar-refractivity contribution in [3.8, 4) is 5.75 Å². The Labute approximate surface area is 208 Å². The van der Waals surface area contributed by atoms with Crippen LogP contribution in [0.25, 0.3) is 0 Å². The van der Waals surface area contributed by atoms with Gasteiger partial charge in [0, 0.05) is 36.7 Å². The lowest BCUT2D eigenvalue weighted by molar-refractivity contribution is -0.135. The summed E-state index contributed by atoms with van der Waals surface area (Å²) in [5.74, 6) is 0.819. The second-order valence-electron chi connectivity index (χ2n) is 10.9. The molecule has 3 N–H and O–H groups in total. The molecule has 1 heterocycles. The zero-order valence-corrected chi connectivity index (χ0v) is 21.2. The molecule has 0 aromatic heterocycles. The van der Waals surface area contributed by atoms with Crippen LogP contribution in [0.4, 0.5) is 0 Å². The predicted molar refractivity (Wildman–Crippen MR) is 134 cm³/mol. The third-order valence-electron chi connectivity index (χ3n) is 7.49. The van der Waals surface area contributed by atoms with E-state index in [4.69, 9.17) is 10.5 Å². The first-order chi connectivity index (χ1) is 16.8. The molecule has 2 atom stereocenters. The van der Waals surface area contributed by atoms with Crippen LogP contribution in [-0.2, 0) is 9.59 Å². The van der Waals surface area contributed by atoms with Crippen molar-refractivity contribution in [3.63, 3.8) is 0 Å². The van der Waals surface area contributed by atoms with Crippen molar-refractivity contribution >= 4 is 17.7 Å². The maximum absolute atomic E-state index is 13.6. The van der Waals surface area contributed by atoms with Crippen LogP contribution in [0.3, 0.4) is 0 Å². The largest absolute Gasteiger partial charge is 0.497 e. The monoisotopic (exact) mass is 484 g/mol. The van der Waals surface area contributed by atoms with E-state index in [9.17, 15) is 14.4 Å². The van der Waals surface area contributed by atoms with Crippen LogP contribution in [0.1, 0.15) is 69.2 Å². The number of amides is 3. The molecule has 3 amide bonds.